The molecule has 3 nitrogen and oxygen atoms in total. The number of furan rings is 1. The summed E-state index contributed by atoms with van der Waals surface area (Å²) < 4.78 is 7.84. The van der Waals surface area contributed by atoms with Gasteiger partial charge in [-0.05, 0) is 45.8 Å². The van der Waals surface area contributed by atoms with E-state index < -0.39 is 13.3 Å². The van der Waals surface area contributed by atoms with Crippen LogP contribution in [0, 0.1) is 12.1 Å². The van der Waals surface area contributed by atoms with Crippen molar-refractivity contribution in [2.24, 2.45) is 0 Å². The van der Waals surface area contributed by atoms with Crippen molar-refractivity contribution in [1.29, 1.82) is 0 Å². The van der Waals surface area contributed by atoms with Gasteiger partial charge < -0.3 is 9.40 Å². The second-order valence-corrected chi connectivity index (χ2v) is 27.1. The predicted octanol–water partition coefficient (Wildman–Crippen LogP) is 13.3. The number of rotatable bonds is 6. The van der Waals surface area contributed by atoms with Gasteiger partial charge in [-0.2, -0.15) is 0 Å². The monoisotopic (exact) mass is 959 g/mol. The molecular weight excluding hydrogens is 909 g/mol. The zero-order chi connectivity index (χ0) is 38.0. The summed E-state index contributed by atoms with van der Waals surface area (Å²) in [7, 11) is 0. The van der Waals surface area contributed by atoms with Crippen LogP contribution in [-0.4, -0.2) is 23.2 Å². The summed E-state index contributed by atoms with van der Waals surface area (Å²) in [5.41, 5.74) is 13.1. The maximum absolute atomic E-state index is 6.41. The number of fused-ring (bicyclic) bond motifs is 3. The van der Waals surface area contributed by atoms with E-state index in [1.54, 1.807) is 0 Å². The fourth-order valence-electron chi connectivity index (χ4n) is 6.64. The Morgan fingerprint density at radius 1 is 0.636 bits per heavy atom. The SMILES string of the molecule is CC(C)c1ccnc(-c2[c-]ccc3c2oc2cc(-c4ccc(C(C)(C)C)cc4)ccc23)c1.[CH3][Ge]([CH3])([CH3])[c]1ccc(-c2[c-]ccc(-c3ccccc3)c2)nc1.[Ir]. The van der Waals surface area contributed by atoms with Crippen molar-refractivity contribution in [3.63, 3.8) is 0 Å². The standard InChI is InChI=1S/C30H28NO.C20H20GeN.Ir/c1-19(2)21-15-16-31-27(17-21)26-8-6-7-25-24-14-11-22(18-28(24)32-29(25)26)20-9-12-23(13-10-20)30(3,4)5;1-21(2,3)19-12-13-20(22-15-19)18-11-7-10-17(14-18)16-8-5-4-6-9-16;/h6-7,9-19H,1-5H3;4-10,12-15H,1-3H3;/q2*-1;. The maximum Gasteiger partial charge on any atom is 0 e. The molecule has 5 heteroatoms. The smallest absolute Gasteiger partial charge is 0 e. The summed E-state index contributed by atoms with van der Waals surface area (Å²) in [6, 6.07) is 51.3. The molecule has 279 valence electrons. The Hall–Kier alpha value is -4.61. The van der Waals surface area contributed by atoms with E-state index >= 15 is 0 Å². The molecule has 5 aromatic carbocycles. The maximum atomic E-state index is 6.41. The van der Waals surface area contributed by atoms with Gasteiger partial charge in [0.05, 0.1) is 5.58 Å². The average molecular weight is 958 g/mol. The summed E-state index contributed by atoms with van der Waals surface area (Å²) in [6.45, 7) is 11.1. The minimum atomic E-state index is -1.79. The van der Waals surface area contributed by atoms with Crippen LogP contribution in [0.5, 0.6) is 0 Å². The number of aromatic nitrogens is 2. The molecular formula is C50H48GeIrN2O-2. The zero-order valence-corrected chi connectivity index (χ0v) is 37.5. The number of pyridine rings is 2. The molecule has 8 rings (SSSR count). The Morgan fingerprint density at radius 2 is 1.33 bits per heavy atom. The van der Waals surface area contributed by atoms with Crippen LogP contribution in [0.15, 0.2) is 144 Å². The van der Waals surface area contributed by atoms with E-state index in [0.29, 0.717) is 5.92 Å². The molecule has 8 aromatic rings. The third kappa shape index (κ3) is 9.10. The van der Waals surface area contributed by atoms with Crippen molar-refractivity contribution in [1.82, 2.24) is 9.97 Å². The molecule has 0 unspecified atom stereocenters. The van der Waals surface area contributed by atoms with Crippen molar-refractivity contribution in [2.75, 3.05) is 0 Å². The summed E-state index contributed by atoms with van der Waals surface area (Å²) in [5.74, 6) is 7.61. The van der Waals surface area contributed by atoms with Gasteiger partial charge in [0.1, 0.15) is 5.58 Å². The van der Waals surface area contributed by atoms with Crippen molar-refractivity contribution < 1.29 is 24.5 Å². The Labute approximate surface area is 343 Å². The first-order valence-electron chi connectivity index (χ1n) is 18.8. The summed E-state index contributed by atoms with van der Waals surface area (Å²) in [4.78, 5) is 9.28. The molecule has 0 atom stereocenters. The molecule has 0 amide bonds. The predicted molar refractivity (Wildman–Crippen MR) is 231 cm³/mol. The van der Waals surface area contributed by atoms with Crippen LogP contribution in [-0.2, 0) is 25.5 Å². The second kappa shape index (κ2) is 16.6. The second-order valence-electron chi connectivity index (χ2n) is 16.4. The molecule has 1 radical (unpaired) electrons. The first-order chi connectivity index (χ1) is 25.8. The molecule has 0 aliphatic heterocycles. The number of hydrogen-bond acceptors (Lipinski definition) is 3. The van der Waals surface area contributed by atoms with Gasteiger partial charge >= 0.3 is 135 Å². The van der Waals surface area contributed by atoms with Crippen molar-refractivity contribution in [3.8, 4) is 44.8 Å². The number of hydrogen-bond donors (Lipinski definition) is 0. The van der Waals surface area contributed by atoms with Crippen LogP contribution in [0.2, 0.25) is 17.3 Å². The minimum Gasteiger partial charge on any atom is 0 e. The van der Waals surface area contributed by atoms with E-state index in [2.05, 4.69) is 189 Å². The summed E-state index contributed by atoms with van der Waals surface area (Å²) in [5, 5.41) is 2.21. The molecule has 0 fully saturated rings. The van der Waals surface area contributed by atoms with E-state index in [4.69, 9.17) is 4.42 Å². The number of nitrogens with zero attached hydrogens (tertiary/aromatic N) is 2. The van der Waals surface area contributed by atoms with Gasteiger partial charge in [0.15, 0.2) is 0 Å². The normalized spacial score (nSPS) is 11.7. The van der Waals surface area contributed by atoms with Crippen LogP contribution in [0.25, 0.3) is 66.7 Å². The van der Waals surface area contributed by atoms with E-state index in [9.17, 15) is 0 Å². The van der Waals surface area contributed by atoms with Gasteiger partial charge in [-0.25, -0.2) is 0 Å². The van der Waals surface area contributed by atoms with E-state index in [0.717, 1.165) is 50.0 Å². The van der Waals surface area contributed by atoms with Gasteiger partial charge in [-0.15, -0.1) is 18.2 Å². The third-order valence-corrected chi connectivity index (χ3v) is 14.3. The minimum absolute atomic E-state index is 0. The Balaban J connectivity index is 0.000000196. The molecule has 0 aliphatic rings. The van der Waals surface area contributed by atoms with Crippen LogP contribution in [0.3, 0.4) is 0 Å². The largest absolute Gasteiger partial charge is 0 e. The van der Waals surface area contributed by atoms with E-state index in [1.807, 2.05) is 24.4 Å². The van der Waals surface area contributed by atoms with E-state index in [-0.39, 0.29) is 25.5 Å². The summed E-state index contributed by atoms with van der Waals surface area (Å²) in [6.07, 6.45) is 3.93. The van der Waals surface area contributed by atoms with E-state index in [1.165, 1.54) is 32.2 Å². The summed E-state index contributed by atoms with van der Waals surface area (Å²) >= 11 is -1.79. The van der Waals surface area contributed by atoms with Crippen LogP contribution in [0.1, 0.15) is 51.7 Å². The first-order valence-corrected chi connectivity index (χ1v) is 26.2. The van der Waals surface area contributed by atoms with Crippen molar-refractivity contribution >= 4 is 39.6 Å². The van der Waals surface area contributed by atoms with Gasteiger partial charge in [0, 0.05) is 31.7 Å². The topological polar surface area (TPSA) is 38.9 Å². The van der Waals surface area contributed by atoms with Gasteiger partial charge in [-0.3, -0.25) is 0 Å². The average Bonchev–Trinajstić information content (AvgIpc) is 3.56. The zero-order valence-electron chi connectivity index (χ0n) is 33.0. The Bertz CT molecular complexity index is 2520. The van der Waals surface area contributed by atoms with Crippen molar-refractivity contribution in [2.45, 2.75) is 63.2 Å². The Kier molecular flexibility index (Phi) is 12.1. The Morgan fingerprint density at radius 3 is 2.00 bits per heavy atom. The van der Waals surface area contributed by atoms with Crippen LogP contribution < -0.4 is 4.40 Å². The van der Waals surface area contributed by atoms with Crippen LogP contribution in [0.4, 0.5) is 0 Å². The molecule has 0 aliphatic carbocycles. The number of benzene rings is 5. The van der Waals surface area contributed by atoms with Crippen LogP contribution >= 0.6 is 0 Å². The molecule has 55 heavy (non-hydrogen) atoms. The van der Waals surface area contributed by atoms with Gasteiger partial charge in [0.25, 0.3) is 0 Å². The molecule has 0 spiro atoms. The quantitative estimate of drug-likeness (QED) is 0.123. The third-order valence-electron chi connectivity index (χ3n) is 10.0. The fourth-order valence-corrected chi connectivity index (χ4v) is 8.81. The molecule has 3 heterocycles. The first kappa shape index (κ1) is 40.1. The molecule has 0 saturated heterocycles. The molecule has 0 saturated carbocycles. The molecule has 0 bridgehead atoms. The van der Waals surface area contributed by atoms with Crippen molar-refractivity contribution in [3.05, 3.63) is 163 Å². The fraction of sp³-hybridized carbons (Fsp3) is 0.200. The van der Waals surface area contributed by atoms with Gasteiger partial charge in [0.2, 0.25) is 0 Å². The molecule has 0 N–H and O–H groups in total. The molecule has 3 aromatic heterocycles. The van der Waals surface area contributed by atoms with Gasteiger partial charge in [-0.1, -0.05) is 93.6 Å².